The molecule has 0 bridgehead atoms. The zero-order valence-electron chi connectivity index (χ0n) is 16.7. The molecule has 1 fully saturated rings. The Bertz CT molecular complexity index is 1330. The molecule has 2 amide bonds. The number of hydrogen-bond acceptors (Lipinski definition) is 4. The zero-order valence-corrected chi connectivity index (χ0v) is 17.5. The summed E-state index contributed by atoms with van der Waals surface area (Å²) in [6, 6.07) is 24.4. The monoisotopic (exact) mass is 441 g/mol. The smallest absolute Gasteiger partial charge is 0.268 e. The third kappa shape index (κ3) is 3.74. The highest BCUT2D eigenvalue weighted by molar-refractivity contribution is 8.19. The Hall–Kier alpha value is -3.97. The van der Waals surface area contributed by atoms with Gasteiger partial charge in [0, 0.05) is 17.3 Å². The average Bonchev–Trinajstić information content (AvgIpc) is 3.36. The topological polar surface area (TPSA) is 55.2 Å². The van der Waals surface area contributed by atoms with Gasteiger partial charge in [0.15, 0.2) is 0 Å². The largest absolute Gasteiger partial charge is 0.298 e. The first-order valence-corrected chi connectivity index (χ1v) is 10.7. The Kier molecular flexibility index (Phi) is 5.17. The molecule has 0 spiro atoms. The van der Waals surface area contributed by atoms with E-state index in [1.165, 1.54) is 12.1 Å². The molecule has 0 aliphatic carbocycles. The van der Waals surface area contributed by atoms with E-state index in [0.29, 0.717) is 27.4 Å². The van der Waals surface area contributed by atoms with Crippen molar-refractivity contribution in [1.82, 2.24) is 9.78 Å². The molecule has 5 nitrogen and oxygen atoms in total. The minimum absolute atomic E-state index is 0.301. The number of benzene rings is 3. The van der Waals surface area contributed by atoms with Gasteiger partial charge in [-0.25, -0.2) is 14.0 Å². The molecule has 4 aromatic rings. The number of thioether (sulfide) groups is 1. The number of halogens is 1. The number of carbonyl (C=O) groups is 2. The number of carbonyl (C=O) groups excluding carboxylic acids is 2. The van der Waals surface area contributed by atoms with Crippen LogP contribution in [-0.4, -0.2) is 20.9 Å². The summed E-state index contributed by atoms with van der Waals surface area (Å²) in [6.45, 7) is 0. The number of anilines is 1. The molecular weight excluding hydrogens is 425 g/mol. The Balaban J connectivity index is 1.59. The summed E-state index contributed by atoms with van der Waals surface area (Å²) < 4.78 is 15.2. The zero-order chi connectivity index (χ0) is 22.1. The molecule has 0 N–H and O–H groups in total. The fourth-order valence-corrected chi connectivity index (χ4v) is 4.28. The fourth-order valence-electron chi connectivity index (χ4n) is 3.45. The van der Waals surface area contributed by atoms with Gasteiger partial charge >= 0.3 is 0 Å². The Morgan fingerprint density at radius 1 is 0.812 bits per heavy atom. The highest BCUT2D eigenvalue weighted by Crippen LogP contribution is 2.37. The van der Waals surface area contributed by atoms with Crippen LogP contribution in [0.25, 0.3) is 23.0 Å². The highest BCUT2D eigenvalue weighted by atomic mass is 32.2. The molecule has 156 valence electrons. The van der Waals surface area contributed by atoms with Crippen LogP contribution in [-0.2, 0) is 4.79 Å². The van der Waals surface area contributed by atoms with Crippen molar-refractivity contribution in [3.63, 3.8) is 0 Å². The number of imide groups is 1. The number of para-hydroxylation sites is 2. The molecule has 0 saturated carbocycles. The molecule has 2 heterocycles. The van der Waals surface area contributed by atoms with Crippen LogP contribution in [0, 0.1) is 5.82 Å². The van der Waals surface area contributed by atoms with Crippen LogP contribution in [0.2, 0.25) is 0 Å². The van der Waals surface area contributed by atoms with Crippen molar-refractivity contribution in [3.8, 4) is 16.9 Å². The van der Waals surface area contributed by atoms with Gasteiger partial charge in [0.25, 0.3) is 11.1 Å². The normalized spacial score (nSPS) is 15.0. The summed E-state index contributed by atoms with van der Waals surface area (Å²) in [7, 11) is 0. The maximum atomic E-state index is 13.5. The van der Waals surface area contributed by atoms with Crippen LogP contribution in [0.4, 0.5) is 14.9 Å². The molecular formula is C25H16FN3O2S. The van der Waals surface area contributed by atoms with Gasteiger partial charge in [-0.2, -0.15) is 5.10 Å². The summed E-state index contributed by atoms with van der Waals surface area (Å²) in [6.07, 6.45) is 3.46. The van der Waals surface area contributed by atoms with E-state index in [1.54, 1.807) is 53.4 Å². The molecule has 5 rings (SSSR count). The van der Waals surface area contributed by atoms with Gasteiger partial charge in [0.2, 0.25) is 0 Å². The summed E-state index contributed by atoms with van der Waals surface area (Å²) in [5, 5.41) is 4.32. The molecule has 0 atom stereocenters. The van der Waals surface area contributed by atoms with Crippen molar-refractivity contribution in [3.05, 3.63) is 107 Å². The minimum Gasteiger partial charge on any atom is -0.268 e. The van der Waals surface area contributed by atoms with Crippen LogP contribution in [0.15, 0.2) is 96.0 Å². The second-order valence-electron chi connectivity index (χ2n) is 7.07. The van der Waals surface area contributed by atoms with Gasteiger partial charge in [0.1, 0.15) is 5.82 Å². The first-order valence-electron chi connectivity index (χ1n) is 9.84. The molecule has 1 aliphatic rings. The van der Waals surface area contributed by atoms with Crippen LogP contribution in [0.5, 0.6) is 0 Å². The van der Waals surface area contributed by atoms with E-state index in [4.69, 9.17) is 0 Å². The van der Waals surface area contributed by atoms with Crippen LogP contribution in [0.1, 0.15) is 5.56 Å². The van der Waals surface area contributed by atoms with Crippen molar-refractivity contribution in [2.24, 2.45) is 0 Å². The summed E-state index contributed by atoms with van der Waals surface area (Å²) in [5.74, 6) is -0.731. The van der Waals surface area contributed by atoms with E-state index < -0.39 is 0 Å². The molecule has 1 saturated heterocycles. The maximum absolute atomic E-state index is 13.5. The second-order valence-corrected chi connectivity index (χ2v) is 8.07. The van der Waals surface area contributed by atoms with E-state index in [0.717, 1.165) is 22.3 Å². The first-order chi connectivity index (χ1) is 15.6. The molecule has 0 unspecified atom stereocenters. The molecule has 0 radical (unpaired) electrons. The second kappa shape index (κ2) is 8.28. The lowest BCUT2D eigenvalue weighted by molar-refractivity contribution is -0.113. The van der Waals surface area contributed by atoms with Crippen molar-refractivity contribution >= 4 is 34.7 Å². The van der Waals surface area contributed by atoms with E-state index in [1.807, 2.05) is 36.4 Å². The van der Waals surface area contributed by atoms with Crippen molar-refractivity contribution in [2.75, 3.05) is 4.90 Å². The number of nitrogens with zero attached hydrogens (tertiary/aromatic N) is 3. The molecule has 1 aromatic heterocycles. The average molecular weight is 441 g/mol. The maximum Gasteiger partial charge on any atom is 0.298 e. The predicted molar refractivity (Wildman–Crippen MR) is 124 cm³/mol. The van der Waals surface area contributed by atoms with Crippen LogP contribution < -0.4 is 4.90 Å². The third-order valence-corrected chi connectivity index (χ3v) is 5.85. The SMILES string of the molecule is O=C1S/C(=C\c2cn(-c3ccccc3)nc2-c2ccc(F)cc2)C(=O)N1c1ccccc1. The number of hydrogen-bond donors (Lipinski definition) is 0. The summed E-state index contributed by atoms with van der Waals surface area (Å²) in [4.78, 5) is 27.1. The standard InChI is InChI=1S/C25H16FN3O2S/c26-19-13-11-17(12-14-19)23-18(16-28(27-23)20-7-3-1-4-8-20)15-22-24(30)29(25(31)32-22)21-9-5-2-6-10-21/h1-16H/b22-15-. The fraction of sp³-hybridized carbons (Fsp3) is 0. The lowest BCUT2D eigenvalue weighted by Crippen LogP contribution is -2.27. The van der Waals surface area contributed by atoms with E-state index in [-0.39, 0.29) is 17.0 Å². The van der Waals surface area contributed by atoms with E-state index in [2.05, 4.69) is 5.10 Å². The van der Waals surface area contributed by atoms with Gasteiger partial charge in [-0.1, -0.05) is 36.4 Å². The predicted octanol–water partition coefficient (Wildman–Crippen LogP) is 5.92. The summed E-state index contributed by atoms with van der Waals surface area (Å²) >= 11 is 0.884. The van der Waals surface area contributed by atoms with Crippen LogP contribution >= 0.6 is 11.8 Å². The molecule has 3 aromatic carbocycles. The van der Waals surface area contributed by atoms with E-state index in [9.17, 15) is 14.0 Å². The lowest BCUT2D eigenvalue weighted by atomic mass is 10.1. The summed E-state index contributed by atoms with van der Waals surface area (Å²) in [5.41, 5.74) is 3.30. The highest BCUT2D eigenvalue weighted by Gasteiger charge is 2.36. The Morgan fingerprint density at radius 3 is 2.09 bits per heavy atom. The van der Waals surface area contributed by atoms with Crippen molar-refractivity contribution in [1.29, 1.82) is 0 Å². The van der Waals surface area contributed by atoms with Gasteiger partial charge < -0.3 is 0 Å². The molecule has 1 aliphatic heterocycles. The van der Waals surface area contributed by atoms with Gasteiger partial charge in [0.05, 0.1) is 22.0 Å². The molecule has 7 heteroatoms. The minimum atomic E-state index is -0.385. The van der Waals surface area contributed by atoms with E-state index >= 15 is 0 Å². The van der Waals surface area contributed by atoms with Crippen molar-refractivity contribution in [2.45, 2.75) is 0 Å². The Labute approximate surface area is 187 Å². The van der Waals surface area contributed by atoms with Gasteiger partial charge in [-0.15, -0.1) is 0 Å². The number of amides is 2. The van der Waals surface area contributed by atoms with Gasteiger partial charge in [-0.3, -0.25) is 9.59 Å². The number of rotatable bonds is 4. The molecule has 32 heavy (non-hydrogen) atoms. The number of aromatic nitrogens is 2. The quantitative estimate of drug-likeness (QED) is 0.369. The third-order valence-electron chi connectivity index (χ3n) is 4.98. The van der Waals surface area contributed by atoms with Gasteiger partial charge in [-0.05, 0) is 66.4 Å². The first kappa shape index (κ1) is 20.0. The van der Waals surface area contributed by atoms with Crippen molar-refractivity contribution < 1.29 is 14.0 Å². The Morgan fingerprint density at radius 2 is 1.44 bits per heavy atom. The van der Waals surface area contributed by atoms with Crippen LogP contribution in [0.3, 0.4) is 0 Å². The lowest BCUT2D eigenvalue weighted by Gasteiger charge is -2.11.